The largest absolute Gasteiger partial charge is 0.477 e. The average Bonchev–Trinajstić information content (AvgIpc) is 3.47. The maximum absolute atomic E-state index is 12.6. The number of pyridine rings is 1. The maximum atomic E-state index is 12.6. The molecule has 2 aromatic heterocycles. The van der Waals surface area contributed by atoms with Crippen molar-refractivity contribution in [1.29, 1.82) is 0 Å². The van der Waals surface area contributed by atoms with Gasteiger partial charge in [-0.3, -0.25) is 14.5 Å². The highest BCUT2D eigenvalue weighted by molar-refractivity contribution is 14.0. The molecule has 162 valence electrons. The van der Waals surface area contributed by atoms with Crippen molar-refractivity contribution < 1.29 is 9.53 Å². The van der Waals surface area contributed by atoms with Crippen molar-refractivity contribution >= 4 is 41.5 Å². The molecular formula is C20H28IN7O2. The van der Waals surface area contributed by atoms with Gasteiger partial charge in [0.25, 0.3) is 0 Å². The van der Waals surface area contributed by atoms with Crippen molar-refractivity contribution in [2.75, 3.05) is 38.2 Å². The summed E-state index contributed by atoms with van der Waals surface area (Å²) in [7, 11) is 3.57. The van der Waals surface area contributed by atoms with Crippen LogP contribution in [-0.2, 0) is 18.4 Å². The molecule has 0 spiro atoms. The number of piperazine rings is 1. The summed E-state index contributed by atoms with van der Waals surface area (Å²) in [5, 5.41) is 7.47. The number of nitrogens with zero attached hydrogens (tertiary/aromatic N) is 6. The number of amides is 1. The Kier molecular flexibility index (Phi) is 7.51. The summed E-state index contributed by atoms with van der Waals surface area (Å²) in [4.78, 5) is 25.0. The summed E-state index contributed by atoms with van der Waals surface area (Å²) in [6.07, 6.45) is 7.91. The normalized spacial score (nSPS) is 17.0. The van der Waals surface area contributed by atoms with Gasteiger partial charge in [-0.05, 0) is 24.3 Å². The van der Waals surface area contributed by atoms with E-state index in [0.717, 1.165) is 17.9 Å². The Bertz CT molecular complexity index is 880. The molecule has 0 bridgehead atoms. The lowest BCUT2D eigenvalue weighted by Crippen LogP contribution is -2.55. The molecule has 30 heavy (non-hydrogen) atoms. The number of carbonyl (C=O) groups is 1. The Morgan fingerprint density at radius 2 is 2.13 bits per heavy atom. The van der Waals surface area contributed by atoms with Crippen LogP contribution >= 0.6 is 24.0 Å². The molecule has 9 nitrogen and oxygen atoms in total. The monoisotopic (exact) mass is 525 g/mol. The number of aromatic nitrogens is 3. The van der Waals surface area contributed by atoms with Crippen LogP contribution in [0.15, 0.2) is 35.7 Å². The van der Waals surface area contributed by atoms with E-state index >= 15 is 0 Å². The minimum absolute atomic E-state index is 0. The smallest absolute Gasteiger partial charge is 0.246 e. The molecule has 3 heterocycles. The molecule has 0 atom stereocenters. The van der Waals surface area contributed by atoms with E-state index in [1.54, 1.807) is 22.8 Å². The first kappa shape index (κ1) is 22.3. The number of carbonyl (C=O) groups excluding carboxylic acids is 1. The maximum Gasteiger partial charge on any atom is 0.246 e. The zero-order chi connectivity index (χ0) is 20.2. The van der Waals surface area contributed by atoms with Gasteiger partial charge in [0.05, 0.1) is 18.5 Å². The van der Waals surface area contributed by atoms with Crippen LogP contribution in [0.2, 0.25) is 0 Å². The molecule has 2 aromatic rings. The van der Waals surface area contributed by atoms with Crippen LogP contribution < -0.4 is 15.0 Å². The molecule has 4 rings (SSSR count). The third-order valence-electron chi connectivity index (χ3n) is 5.15. The van der Waals surface area contributed by atoms with Crippen molar-refractivity contribution in [3.63, 3.8) is 0 Å². The summed E-state index contributed by atoms with van der Waals surface area (Å²) >= 11 is 0. The van der Waals surface area contributed by atoms with E-state index in [9.17, 15) is 4.79 Å². The number of ether oxygens (including phenoxy) is 1. The second-order valence-corrected chi connectivity index (χ2v) is 7.50. The van der Waals surface area contributed by atoms with Gasteiger partial charge in [0.1, 0.15) is 6.54 Å². The highest BCUT2D eigenvalue weighted by Crippen LogP contribution is 2.29. The molecule has 0 radical (unpaired) electrons. The molecule has 1 amide bonds. The number of guanidine groups is 1. The van der Waals surface area contributed by atoms with Crippen LogP contribution in [0.25, 0.3) is 0 Å². The quantitative estimate of drug-likeness (QED) is 0.351. The Balaban J connectivity index is 0.00000256. The predicted molar refractivity (Wildman–Crippen MR) is 125 cm³/mol. The lowest BCUT2D eigenvalue weighted by molar-refractivity contribution is -0.120. The number of aliphatic imine (C=N–C) groups is 1. The second-order valence-electron chi connectivity index (χ2n) is 7.50. The molecule has 1 saturated heterocycles. The van der Waals surface area contributed by atoms with E-state index in [2.05, 4.69) is 20.4 Å². The fourth-order valence-corrected chi connectivity index (χ4v) is 3.28. The van der Waals surface area contributed by atoms with Crippen molar-refractivity contribution in [3.05, 3.63) is 36.3 Å². The molecule has 2 aliphatic rings. The topological polar surface area (TPSA) is 87.9 Å². The Morgan fingerprint density at radius 3 is 2.73 bits per heavy atom. The predicted octanol–water partition coefficient (Wildman–Crippen LogP) is 1.65. The van der Waals surface area contributed by atoms with E-state index in [1.807, 2.05) is 36.5 Å². The number of halogens is 1. The minimum Gasteiger partial charge on any atom is -0.477 e. The van der Waals surface area contributed by atoms with Crippen LogP contribution in [-0.4, -0.2) is 64.8 Å². The summed E-state index contributed by atoms with van der Waals surface area (Å²) in [6, 6.07) is 3.90. The van der Waals surface area contributed by atoms with Crippen LogP contribution in [0, 0.1) is 5.92 Å². The standard InChI is InChI=1S/C20H27N7O2.HI/c1-21-20(23-10-16-5-6-18(22-9-16)29-14-15-3-4-15)26-7-8-27(19(28)13-26)17-11-24-25(2)12-17;/h5-6,9,11-12,15H,3-4,7-8,10,13-14H2,1-2H3,(H,21,23);1H. The summed E-state index contributed by atoms with van der Waals surface area (Å²) in [5.41, 5.74) is 1.86. The third kappa shape index (κ3) is 5.61. The van der Waals surface area contributed by atoms with Gasteiger partial charge in [0, 0.05) is 52.2 Å². The van der Waals surface area contributed by atoms with Gasteiger partial charge < -0.3 is 19.9 Å². The molecule has 1 aliphatic carbocycles. The first-order valence-corrected chi connectivity index (χ1v) is 9.94. The van der Waals surface area contributed by atoms with Crippen molar-refractivity contribution in [3.8, 4) is 5.88 Å². The van der Waals surface area contributed by atoms with E-state index in [-0.39, 0.29) is 36.4 Å². The summed E-state index contributed by atoms with van der Waals surface area (Å²) in [6.45, 7) is 2.92. The lowest BCUT2D eigenvalue weighted by atomic mass is 10.2. The number of rotatable bonds is 6. The van der Waals surface area contributed by atoms with Crippen molar-refractivity contribution in [2.24, 2.45) is 18.0 Å². The summed E-state index contributed by atoms with van der Waals surface area (Å²) < 4.78 is 7.38. The van der Waals surface area contributed by atoms with Crippen molar-refractivity contribution in [1.82, 2.24) is 25.0 Å². The van der Waals surface area contributed by atoms with E-state index < -0.39 is 0 Å². The van der Waals surface area contributed by atoms with Crippen LogP contribution in [0.4, 0.5) is 5.69 Å². The zero-order valence-corrected chi connectivity index (χ0v) is 19.7. The number of anilines is 1. The fourth-order valence-electron chi connectivity index (χ4n) is 3.28. The van der Waals surface area contributed by atoms with Gasteiger partial charge in [0.2, 0.25) is 11.8 Å². The third-order valence-corrected chi connectivity index (χ3v) is 5.15. The van der Waals surface area contributed by atoms with Gasteiger partial charge in [0.15, 0.2) is 5.96 Å². The van der Waals surface area contributed by atoms with Gasteiger partial charge >= 0.3 is 0 Å². The van der Waals surface area contributed by atoms with Crippen LogP contribution in [0.3, 0.4) is 0 Å². The highest BCUT2D eigenvalue weighted by Gasteiger charge is 2.27. The highest BCUT2D eigenvalue weighted by atomic mass is 127. The number of aryl methyl sites for hydroxylation is 1. The Labute approximate surface area is 193 Å². The zero-order valence-electron chi connectivity index (χ0n) is 17.3. The SMILES string of the molecule is CN=C(NCc1ccc(OCC2CC2)nc1)N1CCN(c2cnn(C)c2)C(=O)C1.I. The molecule has 2 fully saturated rings. The number of hydrogen-bond acceptors (Lipinski definition) is 5. The molecule has 0 unspecified atom stereocenters. The van der Waals surface area contributed by atoms with Crippen LogP contribution in [0.1, 0.15) is 18.4 Å². The first-order chi connectivity index (χ1) is 14.1. The van der Waals surface area contributed by atoms with Crippen molar-refractivity contribution in [2.45, 2.75) is 19.4 Å². The van der Waals surface area contributed by atoms with Gasteiger partial charge in [-0.1, -0.05) is 6.07 Å². The van der Waals surface area contributed by atoms with E-state index in [4.69, 9.17) is 4.74 Å². The number of hydrogen-bond donors (Lipinski definition) is 1. The fraction of sp³-hybridized carbons (Fsp3) is 0.500. The molecule has 1 aliphatic heterocycles. The number of nitrogens with one attached hydrogen (secondary N) is 1. The van der Waals surface area contributed by atoms with E-state index in [1.165, 1.54) is 12.8 Å². The second kappa shape index (κ2) is 10.1. The molecule has 0 aromatic carbocycles. The Morgan fingerprint density at radius 1 is 1.30 bits per heavy atom. The van der Waals surface area contributed by atoms with Gasteiger partial charge in [-0.2, -0.15) is 5.10 Å². The minimum atomic E-state index is 0. The molecule has 10 heteroatoms. The molecule has 1 saturated carbocycles. The van der Waals surface area contributed by atoms with Gasteiger partial charge in [-0.25, -0.2) is 4.98 Å². The van der Waals surface area contributed by atoms with Gasteiger partial charge in [-0.15, -0.1) is 24.0 Å². The lowest BCUT2D eigenvalue weighted by Gasteiger charge is -2.35. The Hall–Kier alpha value is -2.37. The molecular weight excluding hydrogens is 497 g/mol. The first-order valence-electron chi connectivity index (χ1n) is 9.94. The van der Waals surface area contributed by atoms with Crippen LogP contribution in [0.5, 0.6) is 5.88 Å². The van der Waals surface area contributed by atoms with E-state index in [0.29, 0.717) is 37.4 Å². The summed E-state index contributed by atoms with van der Waals surface area (Å²) in [5.74, 6) is 2.12. The molecule has 1 N–H and O–H groups in total. The average molecular weight is 525 g/mol.